The molecule has 2 aliphatic rings. The summed E-state index contributed by atoms with van der Waals surface area (Å²) in [5.41, 5.74) is 1.48. The highest BCUT2D eigenvalue weighted by Crippen LogP contribution is 2.33. The van der Waals surface area contributed by atoms with E-state index < -0.39 is 0 Å². The van der Waals surface area contributed by atoms with Gasteiger partial charge in [-0.25, -0.2) is 0 Å². The summed E-state index contributed by atoms with van der Waals surface area (Å²) in [5, 5.41) is 18.0. The molecule has 2 nitrogen and oxygen atoms in total. The lowest BCUT2D eigenvalue weighted by atomic mass is 9.75. The third-order valence-corrected chi connectivity index (χ3v) is 5.65. The Balaban J connectivity index is 0.000000211. The van der Waals surface area contributed by atoms with Crippen LogP contribution in [0.4, 0.5) is 0 Å². The fourth-order valence-corrected chi connectivity index (χ4v) is 4.16. The Kier molecular flexibility index (Phi) is 7.97. The van der Waals surface area contributed by atoms with Crippen LogP contribution in [0.25, 0.3) is 0 Å². The van der Waals surface area contributed by atoms with Crippen LogP contribution in [-0.4, -0.2) is 23.4 Å². The molecule has 6 unspecified atom stereocenters. The van der Waals surface area contributed by atoms with E-state index in [1.54, 1.807) is 0 Å². The van der Waals surface area contributed by atoms with E-state index in [2.05, 4.69) is 40.7 Å². The molecule has 0 heterocycles. The Morgan fingerprint density at radius 1 is 1.00 bits per heavy atom. The molecule has 6 atom stereocenters. The van der Waals surface area contributed by atoms with Gasteiger partial charge in [0.2, 0.25) is 0 Å². The van der Waals surface area contributed by atoms with Gasteiger partial charge >= 0.3 is 0 Å². The van der Waals surface area contributed by atoms with E-state index >= 15 is 0 Å². The van der Waals surface area contributed by atoms with Crippen molar-refractivity contribution in [1.82, 2.24) is 0 Å². The molecule has 0 aromatic heterocycles. The Bertz CT molecular complexity index is 324. The van der Waals surface area contributed by atoms with Crippen molar-refractivity contribution in [2.75, 3.05) is 13.2 Å². The van der Waals surface area contributed by atoms with Crippen LogP contribution in [0.3, 0.4) is 0 Å². The number of hydrogen-bond acceptors (Lipinski definition) is 2. The molecule has 0 aliphatic heterocycles. The number of hydrogen-bond donors (Lipinski definition) is 2. The molecule has 1 fully saturated rings. The van der Waals surface area contributed by atoms with E-state index in [-0.39, 0.29) is 0 Å². The monoisotopic (exact) mass is 296 g/mol. The van der Waals surface area contributed by atoms with Gasteiger partial charge in [-0.3, -0.25) is 0 Å². The van der Waals surface area contributed by atoms with E-state index in [9.17, 15) is 0 Å². The second-order valence-electron chi connectivity index (χ2n) is 7.74. The highest BCUT2D eigenvalue weighted by molar-refractivity contribution is 5.07. The van der Waals surface area contributed by atoms with E-state index in [0.717, 1.165) is 18.3 Å². The predicted octanol–water partition coefficient (Wildman–Crippen LogP) is 4.27. The first kappa shape index (κ1) is 18.7. The summed E-state index contributed by atoms with van der Waals surface area (Å²) in [7, 11) is 0. The average molecular weight is 296 g/mol. The standard InChI is InChI=1S/C10H18O.C9H18O/c1-7-4-8(2)10(6-11)9(3)5-7;1-7-3-4-9(6-10)8(2)5-7/h4,8-11H,5-6H2,1-3H3;7-10H,3-6H2,1-2H3. The third-order valence-electron chi connectivity index (χ3n) is 5.65. The normalized spacial score (nSPS) is 40.0. The molecule has 2 aliphatic carbocycles. The van der Waals surface area contributed by atoms with Gasteiger partial charge in [-0.2, -0.15) is 0 Å². The molecule has 1 saturated carbocycles. The molecule has 2 rings (SSSR count). The van der Waals surface area contributed by atoms with Gasteiger partial charge in [0, 0.05) is 13.2 Å². The first-order valence-electron chi connectivity index (χ1n) is 8.78. The number of allylic oxidation sites excluding steroid dienone is 2. The van der Waals surface area contributed by atoms with Crippen LogP contribution in [0.1, 0.15) is 60.3 Å². The van der Waals surface area contributed by atoms with E-state index in [4.69, 9.17) is 10.2 Å². The van der Waals surface area contributed by atoms with Crippen molar-refractivity contribution < 1.29 is 10.2 Å². The van der Waals surface area contributed by atoms with Crippen LogP contribution < -0.4 is 0 Å². The molecule has 0 spiro atoms. The predicted molar refractivity (Wildman–Crippen MR) is 90.0 cm³/mol. The molecule has 0 radical (unpaired) electrons. The van der Waals surface area contributed by atoms with Crippen LogP contribution >= 0.6 is 0 Å². The lowest BCUT2D eigenvalue weighted by Gasteiger charge is -2.31. The number of aliphatic hydroxyl groups is 2. The van der Waals surface area contributed by atoms with Crippen LogP contribution in [0.2, 0.25) is 0 Å². The maximum Gasteiger partial charge on any atom is 0.0467 e. The molecule has 0 amide bonds. The minimum atomic E-state index is 0.339. The Morgan fingerprint density at radius 3 is 2.14 bits per heavy atom. The molecule has 0 bridgehead atoms. The Hall–Kier alpha value is -0.340. The van der Waals surface area contributed by atoms with Crippen molar-refractivity contribution in [2.45, 2.75) is 60.3 Å². The first-order valence-corrected chi connectivity index (χ1v) is 8.78. The van der Waals surface area contributed by atoms with Gasteiger partial charge in [0.05, 0.1) is 0 Å². The smallest absolute Gasteiger partial charge is 0.0467 e. The SMILES string of the molecule is CC1=CC(C)C(CO)C(C)C1.CC1CCC(CO)C(C)C1. The molecule has 0 saturated heterocycles. The summed E-state index contributed by atoms with van der Waals surface area (Å²) in [5.74, 6) is 3.92. The van der Waals surface area contributed by atoms with Crippen molar-refractivity contribution in [3.8, 4) is 0 Å². The summed E-state index contributed by atoms with van der Waals surface area (Å²) < 4.78 is 0. The third kappa shape index (κ3) is 5.75. The minimum absolute atomic E-state index is 0.339. The highest BCUT2D eigenvalue weighted by atomic mass is 16.3. The molecule has 2 N–H and O–H groups in total. The average Bonchev–Trinajstić information content (AvgIpc) is 2.39. The van der Waals surface area contributed by atoms with Gasteiger partial charge in [0.25, 0.3) is 0 Å². The summed E-state index contributed by atoms with van der Waals surface area (Å²) in [6, 6.07) is 0. The topological polar surface area (TPSA) is 40.5 Å². The van der Waals surface area contributed by atoms with Gasteiger partial charge in [0.1, 0.15) is 0 Å². The fraction of sp³-hybridized carbons (Fsp3) is 0.895. The second-order valence-corrected chi connectivity index (χ2v) is 7.74. The maximum absolute atomic E-state index is 9.09. The zero-order chi connectivity index (χ0) is 16.0. The van der Waals surface area contributed by atoms with Gasteiger partial charge in [-0.15, -0.1) is 0 Å². The Morgan fingerprint density at radius 2 is 1.67 bits per heavy atom. The van der Waals surface area contributed by atoms with Crippen LogP contribution in [0.15, 0.2) is 11.6 Å². The lowest BCUT2D eigenvalue weighted by Crippen LogP contribution is -2.26. The van der Waals surface area contributed by atoms with E-state index in [0.29, 0.717) is 36.9 Å². The summed E-state index contributed by atoms with van der Waals surface area (Å²) >= 11 is 0. The first-order chi connectivity index (χ1) is 9.88. The fourth-order valence-electron chi connectivity index (χ4n) is 4.16. The van der Waals surface area contributed by atoms with Crippen molar-refractivity contribution in [1.29, 1.82) is 0 Å². The van der Waals surface area contributed by atoms with Crippen molar-refractivity contribution in [2.24, 2.45) is 35.5 Å². The maximum atomic E-state index is 9.09. The summed E-state index contributed by atoms with van der Waals surface area (Å²) in [6.45, 7) is 11.9. The molecular formula is C19H36O2. The van der Waals surface area contributed by atoms with Gasteiger partial charge in [-0.1, -0.05) is 45.8 Å². The molecule has 0 aromatic rings. The highest BCUT2D eigenvalue weighted by Gasteiger charge is 2.25. The van der Waals surface area contributed by atoms with E-state index in [1.165, 1.54) is 24.8 Å². The zero-order valence-electron chi connectivity index (χ0n) is 14.7. The van der Waals surface area contributed by atoms with Gasteiger partial charge < -0.3 is 10.2 Å². The van der Waals surface area contributed by atoms with Crippen LogP contribution in [0.5, 0.6) is 0 Å². The number of rotatable bonds is 2. The second kappa shape index (κ2) is 8.95. The molecule has 124 valence electrons. The van der Waals surface area contributed by atoms with Crippen molar-refractivity contribution >= 4 is 0 Å². The van der Waals surface area contributed by atoms with Crippen LogP contribution in [-0.2, 0) is 0 Å². The lowest BCUT2D eigenvalue weighted by molar-refractivity contribution is 0.122. The molecule has 0 aromatic carbocycles. The van der Waals surface area contributed by atoms with E-state index in [1.807, 2.05) is 0 Å². The number of aliphatic hydroxyl groups excluding tert-OH is 2. The molecule has 2 heteroatoms. The van der Waals surface area contributed by atoms with Gasteiger partial charge in [-0.05, 0) is 61.7 Å². The zero-order valence-corrected chi connectivity index (χ0v) is 14.7. The van der Waals surface area contributed by atoms with Crippen molar-refractivity contribution in [3.63, 3.8) is 0 Å². The summed E-state index contributed by atoms with van der Waals surface area (Å²) in [4.78, 5) is 0. The summed E-state index contributed by atoms with van der Waals surface area (Å²) in [6.07, 6.45) is 7.32. The Labute approximate surface area is 131 Å². The van der Waals surface area contributed by atoms with Gasteiger partial charge in [0.15, 0.2) is 0 Å². The molecule has 21 heavy (non-hydrogen) atoms. The van der Waals surface area contributed by atoms with Crippen molar-refractivity contribution in [3.05, 3.63) is 11.6 Å². The largest absolute Gasteiger partial charge is 0.396 e. The van der Waals surface area contributed by atoms with Crippen LogP contribution in [0, 0.1) is 35.5 Å². The molecular weight excluding hydrogens is 260 g/mol. The minimum Gasteiger partial charge on any atom is -0.396 e. The quantitative estimate of drug-likeness (QED) is 0.747.